The van der Waals surface area contributed by atoms with Crippen LogP contribution in [0.1, 0.15) is 37.8 Å². The molecule has 5 nitrogen and oxygen atoms in total. The van der Waals surface area contributed by atoms with Gasteiger partial charge in [0.1, 0.15) is 5.82 Å². The van der Waals surface area contributed by atoms with Gasteiger partial charge in [-0.05, 0) is 29.7 Å². The first-order chi connectivity index (χ1) is 10.0. The highest BCUT2D eigenvalue weighted by atomic mass is 19.1. The van der Waals surface area contributed by atoms with Crippen LogP contribution in [0.5, 0.6) is 0 Å². The largest absolute Gasteiger partial charge is 0.409 e. The average Bonchev–Trinajstić information content (AvgIpc) is 2.47. The number of aliphatic hydroxyl groups is 1. The Morgan fingerprint density at radius 2 is 2.00 bits per heavy atom. The predicted octanol–water partition coefficient (Wildman–Crippen LogP) is 1.81. The fourth-order valence-electron chi connectivity index (χ4n) is 2.32. The lowest BCUT2D eigenvalue weighted by molar-refractivity contribution is 0.101. The average molecular weight is 297 g/mol. The molecule has 0 saturated carbocycles. The number of hydrogen-bond acceptors (Lipinski definition) is 4. The Hall–Kier alpha value is -1.66. The number of oxime groups is 1. The molecule has 6 heteroatoms. The molecule has 1 rings (SSSR count). The van der Waals surface area contributed by atoms with Gasteiger partial charge in [-0.25, -0.2) is 4.39 Å². The summed E-state index contributed by atoms with van der Waals surface area (Å²) < 4.78 is 13.5. The highest BCUT2D eigenvalue weighted by Crippen LogP contribution is 2.13. The van der Waals surface area contributed by atoms with Crippen molar-refractivity contribution in [1.29, 1.82) is 0 Å². The van der Waals surface area contributed by atoms with Crippen LogP contribution >= 0.6 is 0 Å². The summed E-state index contributed by atoms with van der Waals surface area (Å²) in [7, 11) is 0. The van der Waals surface area contributed by atoms with Gasteiger partial charge in [0.15, 0.2) is 5.84 Å². The molecule has 0 amide bonds. The summed E-state index contributed by atoms with van der Waals surface area (Å²) in [5.41, 5.74) is 6.46. The Labute approximate surface area is 124 Å². The summed E-state index contributed by atoms with van der Waals surface area (Å²) in [6.07, 6.45) is 1.43. The van der Waals surface area contributed by atoms with E-state index in [1.54, 1.807) is 6.07 Å². The molecule has 21 heavy (non-hydrogen) atoms. The summed E-state index contributed by atoms with van der Waals surface area (Å²) in [4.78, 5) is 0. The number of halogens is 1. The SMILES string of the molecule is CCC(CC)C(O)CNCc1cc(F)cc(/C(N)=N/O)c1. The maximum atomic E-state index is 13.5. The molecule has 0 radical (unpaired) electrons. The van der Waals surface area contributed by atoms with E-state index < -0.39 is 11.9 Å². The van der Waals surface area contributed by atoms with Crippen LogP contribution in [0.4, 0.5) is 4.39 Å². The first-order valence-corrected chi connectivity index (χ1v) is 7.17. The molecular weight excluding hydrogens is 273 g/mol. The summed E-state index contributed by atoms with van der Waals surface area (Å²) >= 11 is 0. The fourth-order valence-corrected chi connectivity index (χ4v) is 2.32. The number of aliphatic hydroxyl groups excluding tert-OH is 1. The van der Waals surface area contributed by atoms with Crippen molar-refractivity contribution in [1.82, 2.24) is 5.32 Å². The standard InChI is InChI=1S/C15H24FN3O2/c1-3-11(4-2)14(20)9-18-8-10-5-12(15(17)19-21)7-13(16)6-10/h5-7,11,14,18,20-21H,3-4,8-9H2,1-2H3,(H2,17,19). The zero-order valence-corrected chi connectivity index (χ0v) is 12.5. The van der Waals surface area contributed by atoms with Crippen molar-refractivity contribution in [3.8, 4) is 0 Å². The van der Waals surface area contributed by atoms with Crippen LogP contribution in [-0.4, -0.2) is 28.8 Å². The Kier molecular flexibility index (Phi) is 7.11. The summed E-state index contributed by atoms with van der Waals surface area (Å²) in [6, 6.07) is 4.23. The van der Waals surface area contributed by atoms with Gasteiger partial charge in [0, 0.05) is 18.7 Å². The van der Waals surface area contributed by atoms with Gasteiger partial charge in [-0.2, -0.15) is 0 Å². The minimum Gasteiger partial charge on any atom is -0.409 e. The minimum absolute atomic E-state index is 0.132. The molecule has 118 valence electrons. The first-order valence-electron chi connectivity index (χ1n) is 7.17. The zero-order valence-electron chi connectivity index (χ0n) is 12.5. The summed E-state index contributed by atoms with van der Waals surface area (Å²) in [6.45, 7) is 4.95. The third kappa shape index (κ3) is 5.32. The van der Waals surface area contributed by atoms with Crippen LogP contribution in [-0.2, 0) is 6.54 Å². The molecule has 0 heterocycles. The third-order valence-corrected chi connectivity index (χ3v) is 3.64. The van der Waals surface area contributed by atoms with Crippen LogP contribution in [0.15, 0.2) is 23.4 Å². The molecule has 0 aliphatic carbocycles. The molecule has 1 unspecified atom stereocenters. The molecule has 0 fully saturated rings. The Morgan fingerprint density at radius 1 is 1.33 bits per heavy atom. The van der Waals surface area contributed by atoms with Crippen LogP contribution in [0.2, 0.25) is 0 Å². The number of nitrogens with zero attached hydrogens (tertiary/aromatic N) is 1. The van der Waals surface area contributed by atoms with E-state index in [1.807, 2.05) is 13.8 Å². The van der Waals surface area contributed by atoms with E-state index in [0.29, 0.717) is 24.2 Å². The third-order valence-electron chi connectivity index (χ3n) is 3.64. The van der Waals surface area contributed by atoms with E-state index in [1.165, 1.54) is 12.1 Å². The molecule has 1 aromatic rings. The quantitative estimate of drug-likeness (QED) is 0.255. The second kappa shape index (κ2) is 8.59. The van der Waals surface area contributed by atoms with E-state index in [0.717, 1.165) is 12.8 Å². The Bertz CT molecular complexity index is 476. The lowest BCUT2D eigenvalue weighted by Crippen LogP contribution is -2.32. The molecule has 0 saturated heterocycles. The predicted molar refractivity (Wildman–Crippen MR) is 80.7 cm³/mol. The Morgan fingerprint density at radius 3 is 2.57 bits per heavy atom. The monoisotopic (exact) mass is 297 g/mol. The second-order valence-electron chi connectivity index (χ2n) is 5.11. The van der Waals surface area contributed by atoms with Crippen molar-refractivity contribution >= 4 is 5.84 Å². The molecule has 5 N–H and O–H groups in total. The molecule has 0 bridgehead atoms. The molecule has 0 aliphatic rings. The van der Waals surface area contributed by atoms with E-state index in [2.05, 4.69) is 10.5 Å². The number of hydrogen-bond donors (Lipinski definition) is 4. The van der Waals surface area contributed by atoms with Gasteiger partial charge in [-0.15, -0.1) is 0 Å². The van der Waals surface area contributed by atoms with Crippen molar-refractivity contribution in [2.75, 3.05) is 6.54 Å². The first kappa shape index (κ1) is 17.4. The van der Waals surface area contributed by atoms with Crippen LogP contribution in [0, 0.1) is 11.7 Å². The molecule has 1 atom stereocenters. The van der Waals surface area contributed by atoms with Crippen molar-refractivity contribution in [2.45, 2.75) is 39.3 Å². The number of rotatable bonds is 8. The van der Waals surface area contributed by atoms with Gasteiger partial charge in [-0.3, -0.25) is 0 Å². The van der Waals surface area contributed by atoms with Crippen molar-refractivity contribution in [2.24, 2.45) is 16.8 Å². The van der Waals surface area contributed by atoms with Gasteiger partial charge in [-0.1, -0.05) is 31.8 Å². The van der Waals surface area contributed by atoms with E-state index >= 15 is 0 Å². The lowest BCUT2D eigenvalue weighted by atomic mass is 9.96. The molecule has 0 aliphatic heterocycles. The molecular formula is C15H24FN3O2. The maximum Gasteiger partial charge on any atom is 0.170 e. The number of benzene rings is 1. The van der Waals surface area contributed by atoms with Gasteiger partial charge < -0.3 is 21.4 Å². The minimum atomic E-state index is -0.448. The molecule has 1 aromatic carbocycles. The number of nitrogens with two attached hydrogens (primary N) is 1. The van der Waals surface area contributed by atoms with Crippen molar-refractivity contribution in [3.63, 3.8) is 0 Å². The summed E-state index contributed by atoms with van der Waals surface area (Å²) in [5.74, 6) is -0.318. The smallest absolute Gasteiger partial charge is 0.170 e. The fraction of sp³-hybridized carbons (Fsp3) is 0.533. The van der Waals surface area contributed by atoms with E-state index in [4.69, 9.17) is 10.9 Å². The van der Waals surface area contributed by atoms with Crippen LogP contribution in [0.25, 0.3) is 0 Å². The zero-order chi connectivity index (χ0) is 15.8. The Balaban J connectivity index is 2.62. The topological polar surface area (TPSA) is 90.9 Å². The van der Waals surface area contributed by atoms with E-state index in [-0.39, 0.29) is 11.8 Å². The van der Waals surface area contributed by atoms with Gasteiger partial charge in [0.25, 0.3) is 0 Å². The number of amidine groups is 1. The van der Waals surface area contributed by atoms with Gasteiger partial charge in [0.05, 0.1) is 6.10 Å². The lowest BCUT2D eigenvalue weighted by Gasteiger charge is -2.20. The van der Waals surface area contributed by atoms with Crippen LogP contribution < -0.4 is 11.1 Å². The van der Waals surface area contributed by atoms with Gasteiger partial charge >= 0.3 is 0 Å². The maximum absolute atomic E-state index is 13.5. The van der Waals surface area contributed by atoms with Crippen molar-refractivity contribution < 1.29 is 14.7 Å². The highest BCUT2D eigenvalue weighted by molar-refractivity contribution is 5.97. The van der Waals surface area contributed by atoms with Crippen molar-refractivity contribution in [3.05, 3.63) is 35.1 Å². The number of nitrogens with one attached hydrogen (secondary N) is 1. The molecule has 0 aromatic heterocycles. The molecule has 0 spiro atoms. The van der Waals surface area contributed by atoms with E-state index in [9.17, 15) is 9.50 Å². The van der Waals surface area contributed by atoms with Gasteiger partial charge in [0.2, 0.25) is 0 Å². The normalized spacial score (nSPS) is 13.7. The second-order valence-corrected chi connectivity index (χ2v) is 5.11. The van der Waals surface area contributed by atoms with Crippen LogP contribution in [0.3, 0.4) is 0 Å². The summed E-state index contributed by atoms with van der Waals surface area (Å²) in [5, 5.41) is 24.6. The highest BCUT2D eigenvalue weighted by Gasteiger charge is 2.14.